The molecule has 2 N–H and O–H groups in total. The van der Waals surface area contributed by atoms with Gasteiger partial charge in [-0.2, -0.15) is 0 Å². The van der Waals surface area contributed by atoms with Crippen molar-refractivity contribution in [2.45, 2.75) is 12.3 Å². The Labute approximate surface area is 128 Å². The normalized spacial score (nSPS) is 11.1. The van der Waals surface area contributed by atoms with Crippen LogP contribution in [0.3, 0.4) is 0 Å². The maximum absolute atomic E-state index is 11.9. The number of nitrogens with one attached hydrogen (secondary N) is 2. The Morgan fingerprint density at radius 3 is 2.55 bits per heavy atom. The van der Waals surface area contributed by atoms with Gasteiger partial charge >= 0.3 is 0 Å². The zero-order valence-corrected chi connectivity index (χ0v) is 12.8. The van der Waals surface area contributed by atoms with Crippen molar-refractivity contribution in [1.29, 1.82) is 0 Å². The largest absolute Gasteiger partial charge is 0.348 e. The summed E-state index contributed by atoms with van der Waals surface area (Å²) in [4.78, 5) is 19.4. The van der Waals surface area contributed by atoms with Gasteiger partial charge in [-0.3, -0.25) is 4.79 Å². The molecule has 0 fully saturated rings. The lowest BCUT2D eigenvalue weighted by molar-refractivity contribution is 0.0950. The Morgan fingerprint density at radius 1 is 1.18 bits per heavy atom. The summed E-state index contributed by atoms with van der Waals surface area (Å²) in [6.45, 7) is 0.293. The Bertz CT molecular complexity index is 748. The number of hydrogen-bond donors (Lipinski definition) is 2. The molecule has 0 spiro atoms. The van der Waals surface area contributed by atoms with E-state index in [4.69, 9.17) is 0 Å². The van der Waals surface area contributed by atoms with Crippen molar-refractivity contribution in [2.75, 3.05) is 7.05 Å². The van der Waals surface area contributed by atoms with Gasteiger partial charge in [-0.05, 0) is 18.2 Å². The molecular weight excluding hydrogens is 304 g/mol. The smallest absolute Gasteiger partial charge is 0.254 e. The van der Waals surface area contributed by atoms with Crippen LogP contribution in [0.25, 0.3) is 0 Å². The van der Waals surface area contributed by atoms with Crippen molar-refractivity contribution in [3.8, 4) is 0 Å². The van der Waals surface area contributed by atoms with Crippen LogP contribution in [0.5, 0.6) is 0 Å². The number of carbonyl (C=O) groups is 1. The summed E-state index contributed by atoms with van der Waals surface area (Å²) in [6, 6.07) is 7.05. The van der Waals surface area contributed by atoms with Crippen LogP contribution in [0.4, 0.5) is 0 Å². The van der Waals surface area contributed by atoms with Crippen LogP contribution < -0.4 is 10.0 Å². The van der Waals surface area contributed by atoms with Crippen LogP contribution in [0.15, 0.2) is 43.0 Å². The zero-order valence-electron chi connectivity index (χ0n) is 12.0. The topological polar surface area (TPSA) is 101 Å². The molecule has 0 aliphatic rings. The first-order chi connectivity index (χ1) is 10.5. The first-order valence-electron chi connectivity index (χ1n) is 6.52. The number of aromatic nitrogens is 2. The Hall–Kier alpha value is -2.32. The van der Waals surface area contributed by atoms with E-state index in [1.165, 1.54) is 25.8 Å². The van der Waals surface area contributed by atoms with Gasteiger partial charge in [-0.15, -0.1) is 0 Å². The standard InChI is InChI=1S/C14H16N4O3S/c1-15-22(20,21)9-12-4-2-3-11(5-12)6-18-14(19)13-7-16-10-17-8-13/h2-5,7-8,10,15H,6,9H2,1H3,(H,18,19). The predicted octanol–water partition coefficient (Wildman–Crippen LogP) is 0.456. The van der Waals surface area contributed by atoms with Crippen molar-refractivity contribution >= 4 is 15.9 Å². The van der Waals surface area contributed by atoms with Crippen LogP contribution in [-0.4, -0.2) is 31.3 Å². The molecule has 2 aromatic rings. The number of rotatable bonds is 6. The van der Waals surface area contributed by atoms with Crippen LogP contribution in [0.2, 0.25) is 0 Å². The third kappa shape index (κ3) is 4.61. The molecule has 7 nitrogen and oxygen atoms in total. The molecule has 1 amide bonds. The molecule has 0 atom stereocenters. The molecule has 22 heavy (non-hydrogen) atoms. The average molecular weight is 320 g/mol. The van der Waals surface area contributed by atoms with Gasteiger partial charge in [-0.1, -0.05) is 24.3 Å². The van der Waals surface area contributed by atoms with E-state index >= 15 is 0 Å². The molecular formula is C14H16N4O3S. The van der Waals surface area contributed by atoms with Gasteiger partial charge in [0.25, 0.3) is 5.91 Å². The van der Waals surface area contributed by atoms with Crippen molar-refractivity contribution in [3.05, 3.63) is 59.7 Å². The molecule has 0 saturated heterocycles. The number of hydrogen-bond acceptors (Lipinski definition) is 5. The van der Waals surface area contributed by atoms with Crippen LogP contribution in [0.1, 0.15) is 21.5 Å². The van der Waals surface area contributed by atoms with E-state index in [2.05, 4.69) is 20.0 Å². The second-order valence-electron chi connectivity index (χ2n) is 4.59. The van der Waals surface area contributed by atoms with Crippen LogP contribution in [0, 0.1) is 0 Å². The molecule has 0 saturated carbocycles. The fourth-order valence-corrected chi connectivity index (χ4v) is 2.58. The summed E-state index contributed by atoms with van der Waals surface area (Å²) in [5.74, 6) is -0.383. The second-order valence-corrected chi connectivity index (χ2v) is 6.52. The summed E-state index contributed by atoms with van der Waals surface area (Å²) in [6.07, 6.45) is 4.21. The molecule has 0 bridgehead atoms. The SMILES string of the molecule is CNS(=O)(=O)Cc1cccc(CNC(=O)c2cncnc2)c1. The highest BCUT2D eigenvalue weighted by molar-refractivity contribution is 7.88. The van der Waals surface area contributed by atoms with E-state index in [0.29, 0.717) is 17.7 Å². The Balaban J connectivity index is 2.01. The van der Waals surface area contributed by atoms with Crippen molar-refractivity contribution < 1.29 is 13.2 Å². The number of sulfonamides is 1. The second kappa shape index (κ2) is 7.10. The highest BCUT2D eigenvalue weighted by Crippen LogP contribution is 2.09. The van der Waals surface area contributed by atoms with Gasteiger partial charge < -0.3 is 5.32 Å². The molecule has 2 rings (SSSR count). The van der Waals surface area contributed by atoms with Crippen molar-refractivity contribution in [1.82, 2.24) is 20.0 Å². The maximum Gasteiger partial charge on any atom is 0.254 e. The van der Waals surface area contributed by atoms with Crippen molar-refractivity contribution in [3.63, 3.8) is 0 Å². The van der Waals surface area contributed by atoms with Gasteiger partial charge in [0, 0.05) is 18.9 Å². The molecule has 0 aliphatic carbocycles. The van der Waals surface area contributed by atoms with E-state index in [9.17, 15) is 13.2 Å². The lowest BCUT2D eigenvalue weighted by Crippen LogP contribution is -2.23. The summed E-state index contributed by atoms with van der Waals surface area (Å²) in [5, 5.41) is 2.74. The molecule has 0 unspecified atom stereocenters. The predicted molar refractivity (Wildman–Crippen MR) is 81.3 cm³/mol. The monoisotopic (exact) mass is 320 g/mol. The van der Waals surface area contributed by atoms with E-state index < -0.39 is 10.0 Å². The van der Waals surface area contributed by atoms with E-state index in [-0.39, 0.29) is 11.7 Å². The highest BCUT2D eigenvalue weighted by Gasteiger charge is 2.09. The molecule has 0 radical (unpaired) electrons. The summed E-state index contributed by atoms with van der Waals surface area (Å²) < 4.78 is 25.3. The van der Waals surface area contributed by atoms with Gasteiger partial charge in [0.05, 0.1) is 11.3 Å². The van der Waals surface area contributed by atoms with Crippen LogP contribution >= 0.6 is 0 Å². The van der Waals surface area contributed by atoms with Gasteiger partial charge in [0.1, 0.15) is 6.33 Å². The lowest BCUT2D eigenvalue weighted by Gasteiger charge is -2.07. The van der Waals surface area contributed by atoms with Gasteiger partial charge in [-0.25, -0.2) is 23.1 Å². The summed E-state index contributed by atoms with van der Waals surface area (Å²) >= 11 is 0. The molecule has 1 aromatic heterocycles. The first kappa shape index (κ1) is 16.1. The fraction of sp³-hybridized carbons (Fsp3) is 0.214. The maximum atomic E-state index is 11.9. The molecule has 1 heterocycles. The van der Waals surface area contributed by atoms with E-state index in [1.807, 2.05) is 6.07 Å². The van der Waals surface area contributed by atoms with Gasteiger partial charge in [0.15, 0.2) is 0 Å². The average Bonchev–Trinajstić information content (AvgIpc) is 2.53. The van der Waals surface area contributed by atoms with Crippen LogP contribution in [-0.2, 0) is 22.3 Å². The molecule has 8 heteroatoms. The molecule has 0 aliphatic heterocycles. The fourth-order valence-electron chi connectivity index (χ4n) is 1.82. The van der Waals surface area contributed by atoms with Gasteiger partial charge in [0.2, 0.25) is 10.0 Å². The first-order valence-corrected chi connectivity index (χ1v) is 8.17. The quantitative estimate of drug-likeness (QED) is 0.805. The van der Waals surface area contributed by atoms with E-state index in [0.717, 1.165) is 5.56 Å². The zero-order chi connectivity index (χ0) is 16.0. The Morgan fingerprint density at radius 2 is 1.86 bits per heavy atom. The molecule has 116 valence electrons. The summed E-state index contributed by atoms with van der Waals surface area (Å²) in [5.41, 5.74) is 1.84. The van der Waals surface area contributed by atoms with E-state index in [1.54, 1.807) is 18.2 Å². The number of carbonyl (C=O) groups excluding carboxylic acids is 1. The Kier molecular flexibility index (Phi) is 5.18. The summed E-state index contributed by atoms with van der Waals surface area (Å²) in [7, 11) is -1.94. The highest BCUT2D eigenvalue weighted by atomic mass is 32.2. The minimum Gasteiger partial charge on any atom is -0.348 e. The molecule has 1 aromatic carbocycles. The third-order valence-corrected chi connectivity index (χ3v) is 4.27. The third-order valence-electron chi connectivity index (χ3n) is 2.93. The lowest BCUT2D eigenvalue weighted by atomic mass is 10.1. The minimum absolute atomic E-state index is 0.0994. The number of amides is 1. The minimum atomic E-state index is -3.32. The number of benzene rings is 1. The number of nitrogens with zero attached hydrogens (tertiary/aromatic N) is 2. The van der Waals surface area contributed by atoms with Crippen molar-refractivity contribution in [2.24, 2.45) is 0 Å².